The molecule has 0 aliphatic heterocycles. The Kier molecular flexibility index (Phi) is 3.92. The van der Waals surface area contributed by atoms with Crippen LogP contribution in [0.1, 0.15) is 78.6 Å². The molecular weight excluding hydrogens is 300 g/mol. The number of hydrogen-bond donors (Lipinski definition) is 3. The zero-order chi connectivity index (χ0) is 17.3. The van der Waals surface area contributed by atoms with Crippen molar-refractivity contribution in [1.82, 2.24) is 0 Å². The molecule has 3 N–H and O–H groups in total. The summed E-state index contributed by atoms with van der Waals surface area (Å²) in [5.74, 6) is 1.85. The Morgan fingerprint density at radius 1 is 0.917 bits per heavy atom. The highest BCUT2D eigenvalue weighted by Crippen LogP contribution is 2.69. The molecule has 0 aromatic rings. The van der Waals surface area contributed by atoms with E-state index in [0.717, 1.165) is 51.4 Å². The number of aliphatic hydroxyl groups is 3. The predicted octanol–water partition coefficient (Wildman–Crippen LogP) is 3.50. The van der Waals surface area contributed by atoms with E-state index in [2.05, 4.69) is 13.8 Å². The van der Waals surface area contributed by atoms with Gasteiger partial charge in [0.2, 0.25) is 0 Å². The third-order valence-electron chi connectivity index (χ3n) is 9.48. The second kappa shape index (κ2) is 5.44. The second-order valence-corrected chi connectivity index (χ2v) is 10.2. The first-order chi connectivity index (χ1) is 11.2. The molecule has 0 spiro atoms. The van der Waals surface area contributed by atoms with Crippen LogP contribution in [-0.2, 0) is 0 Å². The fraction of sp³-hybridized carbons (Fsp3) is 1.00. The lowest BCUT2D eigenvalue weighted by atomic mass is 9.43. The van der Waals surface area contributed by atoms with E-state index in [0.29, 0.717) is 23.2 Å². The third kappa shape index (κ3) is 2.07. The molecule has 3 nitrogen and oxygen atoms in total. The molecule has 4 aliphatic carbocycles. The minimum Gasteiger partial charge on any atom is -0.393 e. The summed E-state index contributed by atoms with van der Waals surface area (Å²) < 4.78 is 0. The lowest BCUT2D eigenvalue weighted by Gasteiger charge is -2.63. The molecule has 24 heavy (non-hydrogen) atoms. The van der Waals surface area contributed by atoms with Gasteiger partial charge in [0.1, 0.15) is 0 Å². The Hall–Kier alpha value is -0.120. The molecular formula is C21H36O3. The van der Waals surface area contributed by atoms with Crippen LogP contribution in [-0.4, -0.2) is 33.1 Å². The summed E-state index contributed by atoms with van der Waals surface area (Å²) in [7, 11) is 0. The van der Waals surface area contributed by atoms with Gasteiger partial charge < -0.3 is 15.3 Å². The van der Waals surface area contributed by atoms with Gasteiger partial charge >= 0.3 is 0 Å². The number of aliphatic hydroxyl groups excluding tert-OH is 2. The first-order valence-electron chi connectivity index (χ1n) is 10.3. The topological polar surface area (TPSA) is 60.7 Å². The Bertz CT molecular complexity index is 505. The first-order valence-corrected chi connectivity index (χ1v) is 10.3. The van der Waals surface area contributed by atoms with E-state index >= 15 is 0 Å². The van der Waals surface area contributed by atoms with E-state index in [9.17, 15) is 15.3 Å². The lowest BCUT2D eigenvalue weighted by molar-refractivity contribution is -0.215. The fourth-order valence-electron chi connectivity index (χ4n) is 8.02. The molecule has 0 bridgehead atoms. The van der Waals surface area contributed by atoms with Crippen molar-refractivity contribution >= 4 is 0 Å². The van der Waals surface area contributed by atoms with Crippen LogP contribution in [0.25, 0.3) is 0 Å². The van der Waals surface area contributed by atoms with Gasteiger partial charge in [0, 0.05) is 5.41 Å². The molecule has 9 atom stereocenters. The molecule has 3 heteroatoms. The van der Waals surface area contributed by atoms with Crippen molar-refractivity contribution in [2.45, 2.75) is 96.4 Å². The molecule has 0 aromatic carbocycles. The molecule has 138 valence electrons. The van der Waals surface area contributed by atoms with Crippen LogP contribution in [0.15, 0.2) is 0 Å². The Morgan fingerprint density at radius 2 is 1.67 bits per heavy atom. The zero-order valence-corrected chi connectivity index (χ0v) is 15.7. The molecule has 0 aromatic heterocycles. The van der Waals surface area contributed by atoms with Gasteiger partial charge in [0.15, 0.2) is 0 Å². The van der Waals surface area contributed by atoms with Crippen molar-refractivity contribution in [3.05, 3.63) is 0 Å². The maximum absolute atomic E-state index is 11.9. The molecule has 0 unspecified atom stereocenters. The summed E-state index contributed by atoms with van der Waals surface area (Å²) in [6.07, 6.45) is 8.92. The molecule has 0 saturated heterocycles. The minimum atomic E-state index is -0.596. The van der Waals surface area contributed by atoms with Crippen LogP contribution in [0.2, 0.25) is 0 Å². The Balaban J connectivity index is 1.66. The van der Waals surface area contributed by atoms with Gasteiger partial charge in [-0.3, -0.25) is 0 Å². The lowest BCUT2D eigenvalue weighted by Crippen LogP contribution is -2.62. The highest BCUT2D eigenvalue weighted by atomic mass is 16.3. The van der Waals surface area contributed by atoms with Gasteiger partial charge in [-0.1, -0.05) is 13.8 Å². The van der Waals surface area contributed by atoms with Gasteiger partial charge in [0.05, 0.1) is 17.8 Å². The molecule has 0 radical (unpaired) electrons. The monoisotopic (exact) mass is 336 g/mol. The standard InChI is InChI=1S/C21H36O3/c1-13(22)16-8-11-21(24)18-5-4-14-12-15(23)6-9-19(14,2)17(18)7-10-20(16,21)3/h13-18,22-24H,4-12H2,1-3H3/t13-,14-,15-,16-,17-,18+,19-,20+,21-/m0/s1. The maximum atomic E-state index is 11.9. The van der Waals surface area contributed by atoms with Crippen LogP contribution in [0, 0.1) is 34.5 Å². The van der Waals surface area contributed by atoms with Gasteiger partial charge in [-0.25, -0.2) is 0 Å². The highest BCUT2D eigenvalue weighted by Gasteiger charge is 2.67. The summed E-state index contributed by atoms with van der Waals surface area (Å²) >= 11 is 0. The molecule has 0 amide bonds. The molecule has 4 rings (SSSR count). The average molecular weight is 337 g/mol. The van der Waals surface area contributed by atoms with Crippen molar-refractivity contribution in [1.29, 1.82) is 0 Å². The predicted molar refractivity (Wildman–Crippen MR) is 94.4 cm³/mol. The fourth-order valence-corrected chi connectivity index (χ4v) is 8.02. The van der Waals surface area contributed by atoms with Crippen molar-refractivity contribution < 1.29 is 15.3 Å². The van der Waals surface area contributed by atoms with Crippen LogP contribution < -0.4 is 0 Å². The maximum Gasteiger partial charge on any atom is 0.0735 e. The van der Waals surface area contributed by atoms with Crippen molar-refractivity contribution in [2.24, 2.45) is 34.5 Å². The van der Waals surface area contributed by atoms with E-state index < -0.39 is 5.60 Å². The van der Waals surface area contributed by atoms with Gasteiger partial charge in [-0.05, 0) is 93.8 Å². The Labute approximate surface area is 146 Å². The minimum absolute atomic E-state index is 0.109. The molecule has 4 saturated carbocycles. The highest BCUT2D eigenvalue weighted by molar-refractivity contribution is 5.17. The summed E-state index contributed by atoms with van der Waals surface area (Å²) in [6.45, 7) is 6.62. The van der Waals surface area contributed by atoms with Crippen LogP contribution in [0.5, 0.6) is 0 Å². The van der Waals surface area contributed by atoms with Crippen molar-refractivity contribution in [3.63, 3.8) is 0 Å². The second-order valence-electron chi connectivity index (χ2n) is 10.2. The third-order valence-corrected chi connectivity index (χ3v) is 9.48. The SMILES string of the molecule is C[C@H](O)[C@@H]1CC[C@]2(O)[C@@H]3CC[C@H]4C[C@@H](O)CC[C@]4(C)[C@H]3CC[C@]12C. The van der Waals surface area contributed by atoms with E-state index in [1.165, 1.54) is 6.42 Å². The Morgan fingerprint density at radius 3 is 2.38 bits per heavy atom. The first kappa shape index (κ1) is 17.3. The smallest absolute Gasteiger partial charge is 0.0735 e. The van der Waals surface area contributed by atoms with Gasteiger partial charge in [0.25, 0.3) is 0 Å². The average Bonchev–Trinajstić information content (AvgIpc) is 2.80. The molecule has 0 heterocycles. The van der Waals surface area contributed by atoms with Gasteiger partial charge in [-0.15, -0.1) is 0 Å². The zero-order valence-electron chi connectivity index (χ0n) is 15.7. The van der Waals surface area contributed by atoms with E-state index in [4.69, 9.17) is 0 Å². The van der Waals surface area contributed by atoms with Crippen molar-refractivity contribution in [2.75, 3.05) is 0 Å². The normalized spacial score (nSPS) is 58.5. The van der Waals surface area contributed by atoms with E-state index in [1.807, 2.05) is 6.92 Å². The van der Waals surface area contributed by atoms with Gasteiger partial charge in [-0.2, -0.15) is 0 Å². The van der Waals surface area contributed by atoms with Crippen LogP contribution >= 0.6 is 0 Å². The number of fused-ring (bicyclic) bond motifs is 5. The van der Waals surface area contributed by atoms with Crippen LogP contribution in [0.4, 0.5) is 0 Å². The summed E-state index contributed by atoms with van der Waals surface area (Å²) in [5, 5.41) is 32.3. The molecule has 4 aliphatic rings. The quantitative estimate of drug-likeness (QED) is 0.687. The van der Waals surface area contributed by atoms with E-state index in [-0.39, 0.29) is 23.5 Å². The number of hydrogen-bond acceptors (Lipinski definition) is 3. The summed E-state index contributed by atoms with van der Waals surface area (Å²) in [4.78, 5) is 0. The van der Waals surface area contributed by atoms with E-state index in [1.54, 1.807) is 0 Å². The summed E-state index contributed by atoms with van der Waals surface area (Å²) in [5.41, 5.74) is -0.427. The molecule has 4 fully saturated rings. The van der Waals surface area contributed by atoms with Crippen LogP contribution in [0.3, 0.4) is 0 Å². The summed E-state index contributed by atoms with van der Waals surface area (Å²) in [6, 6.07) is 0. The largest absolute Gasteiger partial charge is 0.393 e. The number of rotatable bonds is 1. The van der Waals surface area contributed by atoms with Crippen molar-refractivity contribution in [3.8, 4) is 0 Å².